The van der Waals surface area contributed by atoms with Crippen LogP contribution in [0.4, 0.5) is 5.82 Å². The average Bonchev–Trinajstić information content (AvgIpc) is 2.49. The van der Waals surface area contributed by atoms with Gasteiger partial charge in [-0.15, -0.1) is 0 Å². The Balaban J connectivity index is 2.69. The molecule has 0 saturated heterocycles. The molecule has 0 bridgehead atoms. The molecular weight excluding hydrogens is 252 g/mol. The fourth-order valence-electron chi connectivity index (χ4n) is 2.02. The minimum atomic E-state index is -0.0394. The topological polar surface area (TPSA) is 71.2 Å². The molecule has 0 unspecified atom stereocenters. The molecule has 0 atom stereocenters. The molecule has 0 aliphatic carbocycles. The fourth-order valence-corrected chi connectivity index (χ4v) is 2.02. The van der Waals surface area contributed by atoms with E-state index in [1.165, 1.54) is 4.90 Å². The van der Waals surface area contributed by atoms with E-state index in [4.69, 9.17) is 5.73 Å². The first kappa shape index (κ1) is 16.4. The second kappa shape index (κ2) is 7.24. The van der Waals surface area contributed by atoms with Gasteiger partial charge in [0, 0.05) is 26.8 Å². The van der Waals surface area contributed by atoms with Gasteiger partial charge in [0.25, 0.3) is 5.91 Å². The van der Waals surface area contributed by atoms with E-state index >= 15 is 0 Å². The van der Waals surface area contributed by atoms with Crippen LogP contribution in [-0.4, -0.2) is 43.0 Å². The molecule has 0 fully saturated rings. The van der Waals surface area contributed by atoms with Crippen molar-refractivity contribution in [2.45, 2.75) is 26.7 Å². The Morgan fingerprint density at radius 1 is 1.35 bits per heavy atom. The van der Waals surface area contributed by atoms with Crippen molar-refractivity contribution < 1.29 is 4.79 Å². The number of hydrogen-bond donors (Lipinski definition) is 2. The highest BCUT2D eigenvalue weighted by Crippen LogP contribution is 2.25. The first-order chi connectivity index (χ1) is 9.48. The Kier molecular flexibility index (Phi) is 5.95. The Labute approximate surface area is 121 Å². The maximum atomic E-state index is 11.8. The van der Waals surface area contributed by atoms with Crippen LogP contribution in [0.25, 0.3) is 0 Å². The maximum Gasteiger partial charge on any atom is 0.254 e. The van der Waals surface area contributed by atoms with Crippen molar-refractivity contribution >= 4 is 11.7 Å². The summed E-state index contributed by atoms with van der Waals surface area (Å²) < 4.78 is 0. The molecule has 0 saturated carbocycles. The fraction of sp³-hybridized carbons (Fsp3) is 0.600. The smallest absolute Gasteiger partial charge is 0.254 e. The summed E-state index contributed by atoms with van der Waals surface area (Å²) in [4.78, 5) is 17.6. The molecule has 1 heterocycles. The average molecular weight is 278 g/mol. The molecule has 1 amide bonds. The summed E-state index contributed by atoms with van der Waals surface area (Å²) in [6, 6.07) is 3.63. The number of pyridine rings is 1. The van der Waals surface area contributed by atoms with Gasteiger partial charge in [-0.25, -0.2) is 4.98 Å². The summed E-state index contributed by atoms with van der Waals surface area (Å²) in [5, 5.41) is 3.32. The molecule has 0 aliphatic rings. The lowest BCUT2D eigenvalue weighted by atomic mass is 9.82. The summed E-state index contributed by atoms with van der Waals surface area (Å²) in [6.07, 6.45) is 3.67. The predicted molar refractivity (Wildman–Crippen MR) is 82.8 cm³/mol. The SMILES string of the molecule is CCC(CC)(CN)CNc1ccc(C(=O)N(C)C)cn1. The number of carbonyl (C=O) groups is 1. The molecule has 0 aromatic carbocycles. The largest absolute Gasteiger partial charge is 0.369 e. The summed E-state index contributed by atoms with van der Waals surface area (Å²) in [6.45, 7) is 5.77. The van der Waals surface area contributed by atoms with Crippen molar-refractivity contribution in [3.05, 3.63) is 23.9 Å². The number of nitrogens with two attached hydrogens (primary N) is 1. The van der Waals surface area contributed by atoms with E-state index in [0.717, 1.165) is 25.2 Å². The molecule has 3 N–H and O–H groups in total. The summed E-state index contributed by atoms with van der Waals surface area (Å²) in [7, 11) is 3.46. The van der Waals surface area contributed by atoms with Crippen molar-refractivity contribution in [1.29, 1.82) is 0 Å². The highest BCUT2D eigenvalue weighted by atomic mass is 16.2. The number of aromatic nitrogens is 1. The minimum Gasteiger partial charge on any atom is -0.369 e. The van der Waals surface area contributed by atoms with Crippen LogP contribution >= 0.6 is 0 Å². The standard InChI is InChI=1S/C15H26N4O/c1-5-15(6-2,10-16)11-18-13-8-7-12(9-17-13)14(20)19(3)4/h7-9H,5-6,10-11,16H2,1-4H3,(H,17,18). The third-order valence-corrected chi connectivity index (χ3v) is 3.99. The number of hydrogen-bond acceptors (Lipinski definition) is 4. The first-order valence-corrected chi connectivity index (χ1v) is 7.09. The van der Waals surface area contributed by atoms with Crippen LogP contribution in [0.5, 0.6) is 0 Å². The van der Waals surface area contributed by atoms with Crippen LogP contribution in [0, 0.1) is 5.41 Å². The minimum absolute atomic E-state index is 0.0394. The van der Waals surface area contributed by atoms with Gasteiger partial charge in [-0.2, -0.15) is 0 Å². The van der Waals surface area contributed by atoms with Crippen LogP contribution in [0.2, 0.25) is 0 Å². The molecule has 1 rings (SSSR count). The number of rotatable bonds is 7. The highest BCUT2D eigenvalue weighted by Gasteiger charge is 2.24. The summed E-state index contributed by atoms with van der Waals surface area (Å²) in [5.74, 6) is 0.738. The molecule has 1 aromatic heterocycles. The van der Waals surface area contributed by atoms with E-state index in [1.807, 2.05) is 6.07 Å². The highest BCUT2D eigenvalue weighted by molar-refractivity contribution is 5.93. The first-order valence-electron chi connectivity index (χ1n) is 7.09. The Hall–Kier alpha value is -1.62. The molecule has 0 radical (unpaired) electrons. The Morgan fingerprint density at radius 2 is 2.00 bits per heavy atom. The van der Waals surface area contributed by atoms with Crippen molar-refractivity contribution in [2.75, 3.05) is 32.5 Å². The van der Waals surface area contributed by atoms with Gasteiger partial charge in [-0.3, -0.25) is 4.79 Å². The zero-order chi connectivity index (χ0) is 15.2. The number of amides is 1. The molecular formula is C15H26N4O. The third kappa shape index (κ3) is 3.93. The van der Waals surface area contributed by atoms with Gasteiger partial charge in [0.1, 0.15) is 5.82 Å². The second-order valence-electron chi connectivity index (χ2n) is 5.40. The van der Waals surface area contributed by atoms with Gasteiger partial charge in [-0.05, 0) is 36.9 Å². The van der Waals surface area contributed by atoms with Gasteiger partial charge in [0.15, 0.2) is 0 Å². The number of nitrogens with zero attached hydrogens (tertiary/aromatic N) is 2. The van der Waals surface area contributed by atoms with Crippen LogP contribution in [0.15, 0.2) is 18.3 Å². The van der Waals surface area contributed by atoms with Crippen molar-refractivity contribution in [2.24, 2.45) is 11.1 Å². The summed E-state index contributed by atoms with van der Waals surface area (Å²) in [5.41, 5.74) is 6.58. The number of anilines is 1. The predicted octanol–water partition coefficient (Wildman–Crippen LogP) is 1.96. The number of nitrogens with one attached hydrogen (secondary N) is 1. The van der Waals surface area contributed by atoms with E-state index in [0.29, 0.717) is 12.1 Å². The molecule has 0 aliphatic heterocycles. The normalized spacial score (nSPS) is 11.2. The zero-order valence-corrected chi connectivity index (χ0v) is 12.9. The molecule has 112 valence electrons. The van der Waals surface area contributed by atoms with E-state index in [1.54, 1.807) is 26.4 Å². The van der Waals surface area contributed by atoms with Gasteiger partial charge in [-0.1, -0.05) is 13.8 Å². The Morgan fingerprint density at radius 3 is 2.40 bits per heavy atom. The maximum absolute atomic E-state index is 11.8. The van der Waals surface area contributed by atoms with E-state index in [-0.39, 0.29) is 11.3 Å². The van der Waals surface area contributed by atoms with E-state index in [9.17, 15) is 4.79 Å². The van der Waals surface area contributed by atoms with E-state index < -0.39 is 0 Å². The number of carbonyl (C=O) groups excluding carboxylic acids is 1. The third-order valence-electron chi connectivity index (χ3n) is 3.99. The molecule has 0 spiro atoms. The lowest BCUT2D eigenvalue weighted by Gasteiger charge is -2.30. The van der Waals surface area contributed by atoms with Gasteiger partial charge >= 0.3 is 0 Å². The molecule has 5 heteroatoms. The van der Waals surface area contributed by atoms with Crippen molar-refractivity contribution in [3.63, 3.8) is 0 Å². The quantitative estimate of drug-likeness (QED) is 0.800. The monoisotopic (exact) mass is 278 g/mol. The van der Waals surface area contributed by atoms with Crippen molar-refractivity contribution in [3.8, 4) is 0 Å². The van der Waals surface area contributed by atoms with Gasteiger partial charge < -0.3 is 16.0 Å². The lowest BCUT2D eigenvalue weighted by Crippen LogP contribution is -2.36. The van der Waals surface area contributed by atoms with Crippen LogP contribution in [-0.2, 0) is 0 Å². The molecule has 5 nitrogen and oxygen atoms in total. The van der Waals surface area contributed by atoms with Gasteiger partial charge in [0.2, 0.25) is 0 Å². The zero-order valence-electron chi connectivity index (χ0n) is 12.9. The lowest BCUT2D eigenvalue weighted by molar-refractivity contribution is 0.0827. The van der Waals surface area contributed by atoms with Gasteiger partial charge in [0.05, 0.1) is 5.56 Å². The van der Waals surface area contributed by atoms with Crippen LogP contribution in [0.3, 0.4) is 0 Å². The summed E-state index contributed by atoms with van der Waals surface area (Å²) >= 11 is 0. The molecule has 20 heavy (non-hydrogen) atoms. The van der Waals surface area contributed by atoms with Crippen LogP contribution < -0.4 is 11.1 Å². The van der Waals surface area contributed by atoms with Crippen LogP contribution in [0.1, 0.15) is 37.0 Å². The molecule has 1 aromatic rings. The van der Waals surface area contributed by atoms with E-state index in [2.05, 4.69) is 24.1 Å². The second-order valence-corrected chi connectivity index (χ2v) is 5.40. The van der Waals surface area contributed by atoms with Crippen molar-refractivity contribution in [1.82, 2.24) is 9.88 Å². The Bertz CT molecular complexity index is 416.